The van der Waals surface area contributed by atoms with E-state index in [1.165, 1.54) is 10.8 Å². The molecule has 0 N–H and O–H groups in total. The molecular formula is C128H78O3. The van der Waals surface area contributed by atoms with Gasteiger partial charge in [0, 0.05) is 32.3 Å². The molecule has 0 unspecified atom stereocenters. The highest BCUT2D eigenvalue weighted by Crippen LogP contribution is 2.51. The first-order chi connectivity index (χ1) is 74.9. The minimum Gasteiger partial charge on any atom is -0.456 e. The first-order valence-corrected chi connectivity index (χ1v) is 43.1. The maximum absolute atomic E-state index is 9.36. The van der Waals surface area contributed by atoms with Crippen LogP contribution in [0.15, 0.2) is 486 Å². The molecule has 0 aliphatic heterocycles. The Bertz CT molecular complexity index is 10900. The third kappa shape index (κ3) is 12.6. The van der Waals surface area contributed by atoms with Crippen molar-refractivity contribution in [3.05, 3.63) is 473 Å². The molecule has 0 saturated heterocycles. The van der Waals surface area contributed by atoms with Crippen molar-refractivity contribution >= 4 is 184 Å². The van der Waals surface area contributed by atoms with Gasteiger partial charge in [-0.15, -0.1) is 0 Å². The van der Waals surface area contributed by atoms with E-state index in [9.17, 15) is 16.4 Å². The number of benzene rings is 25. The molecule has 0 radical (unpaired) electrons. The topological polar surface area (TPSA) is 39.4 Å². The van der Waals surface area contributed by atoms with E-state index >= 15 is 0 Å². The van der Waals surface area contributed by atoms with E-state index < -0.39 is 72.5 Å². The second-order valence-corrected chi connectivity index (χ2v) is 32.8. The fraction of sp³-hybridized carbons (Fsp3) is 0. The highest BCUT2D eigenvalue weighted by molar-refractivity contribution is 6.29. The zero-order chi connectivity index (χ0) is 107. The molecule has 0 fully saturated rings. The third-order valence-corrected chi connectivity index (χ3v) is 25.7. The molecule has 3 aromatic heterocycles. The summed E-state index contributed by atoms with van der Waals surface area (Å²) >= 11 is 0. The number of hydrogen-bond acceptors (Lipinski definition) is 3. The van der Waals surface area contributed by atoms with Crippen LogP contribution in [0.4, 0.5) is 0 Å². The Morgan fingerprint density at radius 1 is 0.137 bits per heavy atom. The molecule has 0 saturated carbocycles. The van der Waals surface area contributed by atoms with E-state index in [1.807, 2.05) is 224 Å². The van der Waals surface area contributed by atoms with Gasteiger partial charge in [-0.25, -0.2) is 0 Å². The van der Waals surface area contributed by atoms with Crippen LogP contribution < -0.4 is 0 Å². The van der Waals surface area contributed by atoms with Crippen LogP contribution in [0.1, 0.15) is 32.9 Å². The number of para-hydroxylation sites is 3. The summed E-state index contributed by atoms with van der Waals surface area (Å²) < 4.78 is 235. The minimum absolute atomic E-state index is 0.177. The van der Waals surface area contributed by atoms with Gasteiger partial charge in [-0.1, -0.05) is 406 Å². The van der Waals surface area contributed by atoms with Crippen molar-refractivity contribution in [2.45, 2.75) is 0 Å². The highest BCUT2D eigenvalue weighted by Gasteiger charge is 2.25. The summed E-state index contributed by atoms with van der Waals surface area (Å²) in [6.45, 7) is 0. The quantitative estimate of drug-likeness (QED) is 0.112. The average Bonchev–Trinajstić information content (AvgIpc) is 1.37. The van der Waals surface area contributed by atoms with E-state index in [2.05, 4.69) is 66.7 Å². The second kappa shape index (κ2) is 30.8. The molecule has 28 rings (SSSR count). The number of furan rings is 3. The van der Waals surface area contributed by atoms with Gasteiger partial charge in [0.2, 0.25) is 0 Å². The summed E-state index contributed by atoms with van der Waals surface area (Å²) in [4.78, 5) is 0. The lowest BCUT2D eigenvalue weighted by molar-refractivity contribution is 0.668. The van der Waals surface area contributed by atoms with Crippen LogP contribution in [0.3, 0.4) is 0 Å². The van der Waals surface area contributed by atoms with Crippen molar-refractivity contribution in [1.82, 2.24) is 0 Å². The highest BCUT2D eigenvalue weighted by atomic mass is 16.3. The van der Waals surface area contributed by atoms with Gasteiger partial charge >= 0.3 is 0 Å². The van der Waals surface area contributed by atoms with Crippen LogP contribution in [0.5, 0.6) is 0 Å². The van der Waals surface area contributed by atoms with Crippen LogP contribution >= 0.6 is 0 Å². The monoisotopic (exact) mass is 1690 g/mol. The van der Waals surface area contributed by atoms with Crippen molar-refractivity contribution in [3.63, 3.8) is 0 Å². The Balaban J connectivity index is 0.000000116. The van der Waals surface area contributed by atoms with E-state index in [0.29, 0.717) is 100 Å². The molecule has 0 spiro atoms. The van der Waals surface area contributed by atoms with Crippen LogP contribution in [-0.2, 0) is 0 Å². The van der Waals surface area contributed by atoms with Crippen molar-refractivity contribution < 1.29 is 46.1 Å². The van der Waals surface area contributed by atoms with Crippen LogP contribution in [0, 0.1) is 0 Å². The third-order valence-electron chi connectivity index (χ3n) is 25.7. The molecule has 0 aliphatic rings. The van der Waals surface area contributed by atoms with E-state index in [1.54, 1.807) is 36.4 Å². The minimum atomic E-state index is -0.431. The standard InChI is InChI=1S/C46H28O.C42H26O.C40H24O/c1-2-10-35-30(9-1)19-22-33-27-32(23-25-36(33)35)29-17-20-31(21-18-29)45-38-12-3-5-14-40(38)46(41-15-6-4-13-39(41)45)34-24-26-44-42(28-34)37-11-7-8-16-43(37)47-44;1-2-10-30-25-31(22-19-27(30)9-1)28-17-20-29(21-18-28)41-34-12-3-5-14-36(34)42(37-15-6-4-13-35(37)41)32-23-24-40-38(26-32)33-11-7-8-16-39(33)43-40;1-2-12-28-25(10-1)20-21-26-11-9-18-34(38(26)28)40-32-16-5-3-14-30(32)39(31-15-4-6-17-33(31)40)27-22-23-37-35(24-27)29-13-7-8-19-36(29)41-37/h1-28H;1-26H;1-24H/i2*3D,4D,5D,6D,12D,13D,14D,15D;3D,4D,5D,6D,14D,15D,16D,17D. The van der Waals surface area contributed by atoms with Gasteiger partial charge in [-0.3, -0.25) is 0 Å². The maximum atomic E-state index is 9.36. The van der Waals surface area contributed by atoms with Gasteiger partial charge in [0.1, 0.15) is 33.5 Å². The zero-order valence-electron chi connectivity index (χ0n) is 93.4. The van der Waals surface area contributed by atoms with E-state index in [-0.39, 0.29) is 137 Å². The van der Waals surface area contributed by atoms with Crippen LogP contribution in [0.25, 0.3) is 273 Å². The van der Waals surface area contributed by atoms with Crippen molar-refractivity contribution in [2.75, 3.05) is 0 Å². The van der Waals surface area contributed by atoms with Gasteiger partial charge in [-0.05, 0) is 274 Å². The number of rotatable bonds is 8. The van der Waals surface area contributed by atoms with Crippen molar-refractivity contribution in [2.24, 2.45) is 0 Å². The predicted octanol–water partition coefficient (Wildman–Crippen LogP) is 36.8. The molecule has 0 aliphatic carbocycles. The Kier molecular flexibility index (Phi) is 12.8. The smallest absolute Gasteiger partial charge is 0.135 e. The van der Waals surface area contributed by atoms with E-state index in [0.717, 1.165) is 97.7 Å². The normalized spacial score (nSPS) is 14.4. The molecule has 3 heteroatoms. The van der Waals surface area contributed by atoms with Gasteiger partial charge in [0.15, 0.2) is 0 Å². The second-order valence-electron chi connectivity index (χ2n) is 32.8. The van der Waals surface area contributed by atoms with Crippen LogP contribution in [0.2, 0.25) is 0 Å². The van der Waals surface area contributed by atoms with Crippen LogP contribution in [-0.4, -0.2) is 0 Å². The predicted molar refractivity (Wildman–Crippen MR) is 557 cm³/mol. The SMILES string of the molecule is [2H]c1c([2H])c([2H])c2c(-c3ccc4oc5ccccc5c4c3)c3c([2H])c([2H])c([2H])c([2H])c3c(-c3ccc(-c4ccc5c(ccc6ccccc65)c4)cc3)c2c1[2H].[2H]c1c([2H])c([2H])c2c(-c3ccc4oc5ccccc5c4c3)c3c([2H])c([2H])c([2H])c([2H])c3c(-c3ccc(-c4ccc5ccccc5c4)cc3)c2c1[2H].[2H]c1c([2H])c([2H])c2c(-c3cccc4ccc5ccccc5c34)c3c([2H])c([2H])c([2H])c([2H])c3c(-c3ccc4oc5ccccc5c4c3)c2c1[2H]. The lowest BCUT2D eigenvalue weighted by Crippen LogP contribution is -1.92. The Hall–Kier alpha value is -17.2. The molecule has 3 heterocycles. The molecule has 131 heavy (non-hydrogen) atoms. The molecule has 0 bridgehead atoms. The molecule has 28 aromatic rings. The summed E-state index contributed by atoms with van der Waals surface area (Å²) in [5.74, 6) is 0. The summed E-state index contributed by atoms with van der Waals surface area (Å²) in [7, 11) is 0. The lowest BCUT2D eigenvalue weighted by atomic mass is 9.84. The lowest BCUT2D eigenvalue weighted by Gasteiger charge is -2.19. The van der Waals surface area contributed by atoms with Gasteiger partial charge in [0.05, 0.1) is 32.9 Å². The fourth-order valence-corrected chi connectivity index (χ4v) is 19.7. The molecule has 25 aromatic carbocycles. The molecule has 608 valence electrons. The fourth-order valence-electron chi connectivity index (χ4n) is 19.7. The average molecular weight is 1690 g/mol. The summed E-state index contributed by atoms with van der Waals surface area (Å²) in [5.41, 5.74) is 13.0. The Morgan fingerprint density at radius 3 is 0.809 bits per heavy atom. The van der Waals surface area contributed by atoms with E-state index in [4.69, 9.17) is 29.7 Å². The van der Waals surface area contributed by atoms with Crippen molar-refractivity contribution in [1.29, 1.82) is 0 Å². The Morgan fingerprint density at radius 2 is 0.397 bits per heavy atom. The molecular weight excluding hydrogens is 1590 g/mol. The number of hydrogen-bond donors (Lipinski definition) is 0. The first kappa shape index (κ1) is 54.6. The number of fused-ring (bicyclic) bond motifs is 22. The van der Waals surface area contributed by atoms with Gasteiger partial charge in [-0.2, -0.15) is 0 Å². The van der Waals surface area contributed by atoms with Gasteiger partial charge in [0.25, 0.3) is 0 Å². The van der Waals surface area contributed by atoms with Gasteiger partial charge < -0.3 is 13.3 Å². The van der Waals surface area contributed by atoms with Crippen molar-refractivity contribution in [3.8, 4) is 89.0 Å². The zero-order valence-corrected chi connectivity index (χ0v) is 69.4. The maximum Gasteiger partial charge on any atom is 0.135 e. The Labute approximate surface area is 788 Å². The summed E-state index contributed by atoms with van der Waals surface area (Å²) in [6, 6.07) is 96.5. The summed E-state index contributed by atoms with van der Waals surface area (Å²) in [5, 5.41) is 17.5. The molecule has 0 atom stereocenters. The largest absolute Gasteiger partial charge is 0.456 e. The first-order valence-electron chi connectivity index (χ1n) is 55.1. The molecule has 0 amide bonds. The summed E-state index contributed by atoms with van der Waals surface area (Å²) in [6.07, 6.45) is 0. The molecule has 3 nitrogen and oxygen atoms in total.